The Morgan fingerprint density at radius 2 is 1.58 bits per heavy atom. The molecule has 0 bridgehead atoms. The van der Waals surface area contributed by atoms with Crippen LogP contribution in [0.1, 0.15) is 12.8 Å². The average Bonchev–Trinajstić information content (AvgIpc) is 2.18. The van der Waals surface area contributed by atoms with Crippen molar-refractivity contribution in [3.8, 4) is 12.3 Å². The fourth-order valence-corrected chi connectivity index (χ4v) is 4.74. The number of rotatable bonds is 4. The number of hydrogen-bond donors (Lipinski definition) is 0. The minimum absolute atomic E-state index is 0.0721. The molecule has 0 spiro atoms. The van der Waals surface area contributed by atoms with Gasteiger partial charge < -0.3 is 8.85 Å². The average molecular weight is 297 g/mol. The van der Waals surface area contributed by atoms with Crippen molar-refractivity contribution >= 4 is 16.6 Å². The third-order valence-electron chi connectivity index (χ3n) is 3.05. The molecule has 0 aromatic carbocycles. The van der Waals surface area contributed by atoms with Gasteiger partial charge >= 0.3 is 0 Å². The Morgan fingerprint density at radius 3 is 2.00 bits per heavy atom. The summed E-state index contributed by atoms with van der Waals surface area (Å²) in [4.78, 5) is 0. The molecule has 19 heavy (non-hydrogen) atoms. The maximum Gasteiger partial charge on any atom is 0.184 e. The number of terminal acetylenes is 1. The first-order valence-corrected chi connectivity index (χ1v) is 13.8. The second kappa shape index (κ2) is 5.96. The predicted molar refractivity (Wildman–Crippen MR) is 87.1 cm³/mol. The van der Waals surface area contributed by atoms with E-state index in [0.717, 1.165) is 18.4 Å². The molecule has 0 saturated heterocycles. The van der Waals surface area contributed by atoms with Crippen LogP contribution in [0.25, 0.3) is 0 Å². The lowest BCUT2D eigenvalue weighted by Gasteiger charge is -2.40. The lowest BCUT2D eigenvalue weighted by molar-refractivity contribution is 0.0807. The summed E-state index contributed by atoms with van der Waals surface area (Å²) < 4.78 is 12.5. The van der Waals surface area contributed by atoms with Gasteiger partial charge in [0.15, 0.2) is 16.6 Å². The van der Waals surface area contributed by atoms with E-state index in [0.29, 0.717) is 0 Å². The van der Waals surface area contributed by atoms with E-state index in [-0.39, 0.29) is 18.1 Å². The highest BCUT2D eigenvalue weighted by molar-refractivity contribution is 6.70. The van der Waals surface area contributed by atoms with Crippen molar-refractivity contribution in [3.63, 3.8) is 0 Å². The molecule has 0 radical (unpaired) electrons. The van der Waals surface area contributed by atoms with E-state index in [1.54, 1.807) is 0 Å². The fourth-order valence-electron chi connectivity index (χ4n) is 2.45. The van der Waals surface area contributed by atoms with E-state index >= 15 is 0 Å². The molecule has 1 aliphatic carbocycles. The van der Waals surface area contributed by atoms with Gasteiger partial charge in [0.2, 0.25) is 0 Å². The molecule has 1 saturated carbocycles. The topological polar surface area (TPSA) is 18.5 Å². The van der Waals surface area contributed by atoms with Gasteiger partial charge in [-0.2, -0.15) is 0 Å². The van der Waals surface area contributed by atoms with Gasteiger partial charge in [-0.05, 0) is 51.3 Å². The summed E-state index contributed by atoms with van der Waals surface area (Å²) in [6.07, 6.45) is 7.74. The maximum atomic E-state index is 6.25. The van der Waals surface area contributed by atoms with Crippen molar-refractivity contribution in [2.45, 2.75) is 64.3 Å². The first-order valence-electron chi connectivity index (χ1n) is 7.02. The van der Waals surface area contributed by atoms with Gasteiger partial charge in [0.05, 0.1) is 6.10 Å². The molecule has 1 rings (SSSR count). The van der Waals surface area contributed by atoms with Crippen LogP contribution >= 0.6 is 0 Å². The summed E-state index contributed by atoms with van der Waals surface area (Å²) in [7, 11) is -3.13. The molecule has 0 heterocycles. The third kappa shape index (κ3) is 5.66. The van der Waals surface area contributed by atoms with Crippen LogP contribution in [0.3, 0.4) is 0 Å². The van der Waals surface area contributed by atoms with E-state index in [1.165, 1.54) is 0 Å². The van der Waals surface area contributed by atoms with Crippen LogP contribution < -0.4 is 0 Å². The van der Waals surface area contributed by atoms with Gasteiger partial charge in [0.1, 0.15) is 0 Å². The van der Waals surface area contributed by atoms with Gasteiger partial charge in [0.25, 0.3) is 0 Å². The van der Waals surface area contributed by atoms with Crippen molar-refractivity contribution < 1.29 is 8.85 Å². The Bertz CT molecular complexity index is 371. The highest BCUT2D eigenvalue weighted by Crippen LogP contribution is 2.34. The van der Waals surface area contributed by atoms with Gasteiger partial charge in [-0.3, -0.25) is 0 Å². The van der Waals surface area contributed by atoms with Crippen LogP contribution in [0.15, 0.2) is 12.2 Å². The second-order valence-electron chi connectivity index (χ2n) is 7.34. The van der Waals surface area contributed by atoms with Gasteiger partial charge in [0, 0.05) is 18.4 Å². The van der Waals surface area contributed by atoms with Crippen molar-refractivity contribution in [1.29, 1.82) is 0 Å². The molecule has 1 aliphatic rings. The normalized spacial score (nSPS) is 29.1. The standard InChI is InChI=1S/C15H28O2Si2/c1-9-13-10-14(16-18(3,4)5)11-15(12(13)2)17-19(6,7)8/h1,13-15H,2,10-11H2,3-8H3/t13?,14-,15+/m1/s1. The molecule has 0 aliphatic heterocycles. The minimum Gasteiger partial charge on any atom is -0.415 e. The summed E-state index contributed by atoms with van der Waals surface area (Å²) in [5, 5.41) is 0. The molecule has 0 N–H and O–H groups in total. The van der Waals surface area contributed by atoms with Gasteiger partial charge in [-0.15, -0.1) is 6.42 Å². The van der Waals surface area contributed by atoms with Crippen molar-refractivity contribution in [2.24, 2.45) is 5.92 Å². The van der Waals surface area contributed by atoms with E-state index in [4.69, 9.17) is 15.3 Å². The molecule has 2 nitrogen and oxygen atoms in total. The molecule has 1 unspecified atom stereocenters. The molecule has 4 heteroatoms. The zero-order valence-corrected chi connectivity index (χ0v) is 15.2. The molecule has 0 amide bonds. The maximum absolute atomic E-state index is 6.25. The Kier molecular flexibility index (Phi) is 5.24. The SMILES string of the molecule is C#CC1C[C@@H](O[Si](C)(C)C)C[C@H](O[Si](C)(C)C)C1=C. The zero-order chi connectivity index (χ0) is 14.8. The van der Waals surface area contributed by atoms with Crippen molar-refractivity contribution in [2.75, 3.05) is 0 Å². The zero-order valence-electron chi connectivity index (χ0n) is 13.2. The molecule has 0 aromatic heterocycles. The predicted octanol–water partition coefficient (Wildman–Crippen LogP) is 4.03. The van der Waals surface area contributed by atoms with Crippen LogP contribution in [0.5, 0.6) is 0 Å². The fraction of sp³-hybridized carbons (Fsp3) is 0.733. The van der Waals surface area contributed by atoms with Crippen LogP contribution in [-0.4, -0.2) is 28.8 Å². The number of hydrogen-bond acceptors (Lipinski definition) is 2. The molecular weight excluding hydrogens is 268 g/mol. The molecule has 3 atom stereocenters. The summed E-state index contributed by atoms with van der Waals surface area (Å²) >= 11 is 0. The first-order chi connectivity index (χ1) is 8.52. The summed E-state index contributed by atoms with van der Waals surface area (Å²) in [6.45, 7) is 17.4. The summed E-state index contributed by atoms with van der Waals surface area (Å²) in [6, 6.07) is 0. The van der Waals surface area contributed by atoms with E-state index in [2.05, 4.69) is 51.8 Å². The van der Waals surface area contributed by atoms with E-state index < -0.39 is 16.6 Å². The monoisotopic (exact) mass is 296 g/mol. The van der Waals surface area contributed by atoms with Crippen LogP contribution in [0, 0.1) is 18.3 Å². The van der Waals surface area contributed by atoms with Crippen LogP contribution in [-0.2, 0) is 8.85 Å². The lowest BCUT2D eigenvalue weighted by Crippen LogP contribution is -2.43. The Labute approximate surface area is 120 Å². The van der Waals surface area contributed by atoms with Gasteiger partial charge in [-0.1, -0.05) is 12.5 Å². The minimum atomic E-state index is -1.59. The highest BCUT2D eigenvalue weighted by Gasteiger charge is 2.36. The van der Waals surface area contributed by atoms with E-state index in [1.807, 2.05) is 0 Å². The largest absolute Gasteiger partial charge is 0.415 e. The first kappa shape index (κ1) is 16.7. The summed E-state index contributed by atoms with van der Waals surface area (Å²) in [5.41, 5.74) is 1.07. The Balaban J connectivity index is 2.80. The van der Waals surface area contributed by atoms with Crippen molar-refractivity contribution in [3.05, 3.63) is 12.2 Å². The Morgan fingerprint density at radius 1 is 1.05 bits per heavy atom. The smallest absolute Gasteiger partial charge is 0.184 e. The summed E-state index contributed by atoms with van der Waals surface area (Å²) in [5.74, 6) is 2.95. The van der Waals surface area contributed by atoms with Gasteiger partial charge in [-0.25, -0.2) is 0 Å². The third-order valence-corrected chi connectivity index (χ3v) is 5.09. The van der Waals surface area contributed by atoms with Crippen LogP contribution in [0.4, 0.5) is 0 Å². The molecule has 0 aromatic rings. The van der Waals surface area contributed by atoms with Crippen LogP contribution in [0.2, 0.25) is 39.3 Å². The molecule has 108 valence electrons. The lowest BCUT2D eigenvalue weighted by atomic mass is 9.82. The Hall–Kier alpha value is -0.346. The van der Waals surface area contributed by atoms with E-state index in [9.17, 15) is 0 Å². The quantitative estimate of drug-likeness (QED) is 0.443. The molecule has 1 fully saturated rings. The highest BCUT2D eigenvalue weighted by atomic mass is 28.4. The van der Waals surface area contributed by atoms with Crippen molar-refractivity contribution in [1.82, 2.24) is 0 Å². The second-order valence-corrected chi connectivity index (χ2v) is 16.3. The molecular formula is C15H28O2Si2.